The van der Waals surface area contributed by atoms with Crippen LogP contribution in [0, 0.1) is 6.92 Å². The van der Waals surface area contributed by atoms with Gasteiger partial charge in [0.15, 0.2) is 0 Å². The molecule has 0 saturated carbocycles. The van der Waals surface area contributed by atoms with Crippen molar-refractivity contribution in [1.29, 1.82) is 0 Å². The van der Waals surface area contributed by atoms with E-state index >= 15 is 0 Å². The van der Waals surface area contributed by atoms with E-state index in [9.17, 15) is 9.59 Å². The van der Waals surface area contributed by atoms with Crippen molar-refractivity contribution < 1.29 is 19.4 Å². The van der Waals surface area contributed by atoms with E-state index < -0.39 is 5.97 Å². The third-order valence-electron chi connectivity index (χ3n) is 3.19. The quantitative estimate of drug-likeness (QED) is 0.870. The maximum atomic E-state index is 12.3. The van der Waals surface area contributed by atoms with Crippen LogP contribution in [0.2, 0.25) is 0 Å². The lowest BCUT2D eigenvalue weighted by Gasteiger charge is -2.29. The van der Waals surface area contributed by atoms with Crippen molar-refractivity contribution >= 4 is 11.9 Å². The number of ether oxygens (including phenoxy) is 1. The molecule has 1 amide bonds. The smallest absolute Gasteiger partial charge is 0.323 e. The van der Waals surface area contributed by atoms with Crippen LogP contribution in [0.1, 0.15) is 21.5 Å². The largest absolute Gasteiger partial charge is 0.496 e. The molecule has 5 nitrogen and oxygen atoms in total. The van der Waals surface area contributed by atoms with Gasteiger partial charge in [-0.3, -0.25) is 9.59 Å². The van der Waals surface area contributed by atoms with Crippen molar-refractivity contribution in [2.24, 2.45) is 0 Å². The molecule has 1 aromatic carbocycles. The highest BCUT2D eigenvalue weighted by molar-refractivity contribution is 6.01. The van der Waals surface area contributed by atoms with Crippen molar-refractivity contribution in [3.05, 3.63) is 28.8 Å². The minimum Gasteiger partial charge on any atom is -0.496 e. The fraction of sp³-hybridized carbons (Fsp3) is 0.385. The number of carboxylic acids is 1. The Morgan fingerprint density at radius 3 is 2.83 bits per heavy atom. The second-order valence-electron chi connectivity index (χ2n) is 4.31. The molecule has 0 spiro atoms. The summed E-state index contributed by atoms with van der Waals surface area (Å²) < 4.78 is 5.20. The van der Waals surface area contributed by atoms with E-state index in [0.29, 0.717) is 24.3 Å². The monoisotopic (exact) mass is 249 g/mol. The zero-order valence-electron chi connectivity index (χ0n) is 10.4. The first-order chi connectivity index (χ1) is 8.54. The Morgan fingerprint density at radius 1 is 1.50 bits per heavy atom. The number of carboxylic acid groups (broad SMARTS) is 1. The third-order valence-corrected chi connectivity index (χ3v) is 3.19. The molecule has 18 heavy (non-hydrogen) atoms. The second kappa shape index (κ2) is 4.68. The molecule has 1 N–H and O–H groups in total. The molecule has 1 heterocycles. The van der Waals surface area contributed by atoms with Gasteiger partial charge in [0.25, 0.3) is 5.91 Å². The first kappa shape index (κ1) is 12.4. The fourth-order valence-electron chi connectivity index (χ4n) is 2.28. The standard InChI is InChI=1S/C13H15NO4/c1-8-3-4-10(18-2)12-9(8)5-6-14(13(12)17)7-11(15)16/h3-4H,5-7H2,1-2H3,(H,15,16). The average molecular weight is 249 g/mol. The Hall–Kier alpha value is -2.04. The summed E-state index contributed by atoms with van der Waals surface area (Å²) >= 11 is 0. The number of carbonyl (C=O) groups excluding carboxylic acids is 1. The number of fused-ring (bicyclic) bond motifs is 1. The highest BCUT2D eigenvalue weighted by atomic mass is 16.5. The number of rotatable bonds is 3. The summed E-state index contributed by atoms with van der Waals surface area (Å²) in [7, 11) is 1.51. The zero-order valence-corrected chi connectivity index (χ0v) is 10.4. The number of hydrogen-bond donors (Lipinski definition) is 1. The van der Waals surface area contributed by atoms with Crippen molar-refractivity contribution in [3.8, 4) is 5.75 Å². The highest BCUT2D eigenvalue weighted by Gasteiger charge is 2.29. The molecule has 5 heteroatoms. The molecule has 1 aliphatic rings. The van der Waals surface area contributed by atoms with Crippen LogP contribution in [0.15, 0.2) is 12.1 Å². The Morgan fingerprint density at radius 2 is 2.22 bits per heavy atom. The molecule has 0 unspecified atom stereocenters. The summed E-state index contributed by atoms with van der Waals surface area (Å²) in [6, 6.07) is 3.66. The molecule has 0 aliphatic carbocycles. The summed E-state index contributed by atoms with van der Waals surface area (Å²) in [5.74, 6) is -0.756. The van der Waals surface area contributed by atoms with Gasteiger partial charge in [0.1, 0.15) is 12.3 Å². The molecule has 0 radical (unpaired) electrons. The maximum Gasteiger partial charge on any atom is 0.323 e. The first-order valence-corrected chi connectivity index (χ1v) is 5.72. The SMILES string of the molecule is COc1ccc(C)c2c1C(=O)N(CC(=O)O)CC2. The average Bonchev–Trinajstić information content (AvgIpc) is 2.33. The number of methoxy groups -OCH3 is 1. The summed E-state index contributed by atoms with van der Waals surface area (Å²) in [4.78, 5) is 24.3. The Bertz CT molecular complexity index is 510. The van der Waals surface area contributed by atoms with Crippen molar-refractivity contribution in [2.75, 3.05) is 20.2 Å². The van der Waals surface area contributed by atoms with Gasteiger partial charge in [-0.05, 0) is 30.5 Å². The van der Waals surface area contributed by atoms with Crippen molar-refractivity contribution in [3.63, 3.8) is 0 Å². The first-order valence-electron chi connectivity index (χ1n) is 5.72. The molecule has 2 rings (SSSR count). The Kier molecular flexibility index (Phi) is 3.23. The van der Waals surface area contributed by atoms with E-state index in [2.05, 4.69) is 0 Å². The minimum atomic E-state index is -1.00. The van der Waals surface area contributed by atoms with E-state index in [1.165, 1.54) is 12.0 Å². The van der Waals surface area contributed by atoms with Gasteiger partial charge in [0.05, 0.1) is 12.7 Å². The molecule has 0 fully saturated rings. The maximum absolute atomic E-state index is 12.3. The number of carbonyl (C=O) groups is 2. The molecule has 96 valence electrons. The van der Waals surface area contributed by atoms with Gasteiger partial charge in [-0.1, -0.05) is 6.07 Å². The molecule has 0 atom stereocenters. The summed E-state index contributed by atoms with van der Waals surface area (Å²) in [5.41, 5.74) is 2.50. The predicted molar refractivity (Wildman–Crippen MR) is 65.0 cm³/mol. The van der Waals surface area contributed by atoms with Crippen LogP contribution in [0.25, 0.3) is 0 Å². The van der Waals surface area contributed by atoms with Gasteiger partial charge < -0.3 is 14.7 Å². The number of amides is 1. The lowest BCUT2D eigenvalue weighted by molar-refractivity contribution is -0.137. The molecule has 0 bridgehead atoms. The van der Waals surface area contributed by atoms with Crippen LogP contribution in [0.5, 0.6) is 5.75 Å². The van der Waals surface area contributed by atoms with Crippen molar-refractivity contribution in [2.45, 2.75) is 13.3 Å². The normalized spacial score (nSPS) is 14.3. The van der Waals surface area contributed by atoms with E-state index in [0.717, 1.165) is 11.1 Å². The molecule has 0 saturated heterocycles. The highest BCUT2D eigenvalue weighted by Crippen LogP contribution is 2.30. The lowest BCUT2D eigenvalue weighted by atomic mass is 9.93. The van der Waals surface area contributed by atoms with Gasteiger partial charge >= 0.3 is 5.97 Å². The lowest BCUT2D eigenvalue weighted by Crippen LogP contribution is -2.41. The van der Waals surface area contributed by atoms with E-state index in [-0.39, 0.29) is 12.5 Å². The van der Waals surface area contributed by atoms with Crippen molar-refractivity contribution in [1.82, 2.24) is 4.90 Å². The number of aliphatic carboxylic acids is 1. The van der Waals surface area contributed by atoms with Gasteiger partial charge in [-0.2, -0.15) is 0 Å². The number of benzene rings is 1. The van der Waals surface area contributed by atoms with Gasteiger partial charge in [0.2, 0.25) is 0 Å². The number of nitrogens with zero attached hydrogens (tertiary/aromatic N) is 1. The van der Waals surface area contributed by atoms with Crippen LogP contribution in [0.4, 0.5) is 0 Å². The van der Waals surface area contributed by atoms with Crippen LogP contribution >= 0.6 is 0 Å². The van der Waals surface area contributed by atoms with E-state index in [1.54, 1.807) is 6.07 Å². The summed E-state index contributed by atoms with van der Waals surface area (Å²) in [6.45, 7) is 2.11. The number of hydrogen-bond acceptors (Lipinski definition) is 3. The van der Waals surface area contributed by atoms with Crippen LogP contribution in [-0.4, -0.2) is 42.1 Å². The van der Waals surface area contributed by atoms with E-state index in [1.807, 2.05) is 13.0 Å². The molecule has 1 aliphatic heterocycles. The fourth-order valence-corrected chi connectivity index (χ4v) is 2.28. The second-order valence-corrected chi connectivity index (χ2v) is 4.31. The molecular formula is C13H15NO4. The van der Waals surface area contributed by atoms with Gasteiger partial charge in [-0.15, -0.1) is 0 Å². The molecular weight excluding hydrogens is 234 g/mol. The minimum absolute atomic E-state index is 0.265. The predicted octanol–water partition coefficient (Wildman–Crippen LogP) is 1.09. The van der Waals surface area contributed by atoms with Crippen LogP contribution in [-0.2, 0) is 11.2 Å². The summed E-state index contributed by atoms with van der Waals surface area (Å²) in [5, 5.41) is 8.79. The zero-order chi connectivity index (χ0) is 13.3. The third kappa shape index (κ3) is 2.03. The number of aryl methyl sites for hydroxylation is 1. The van der Waals surface area contributed by atoms with E-state index in [4.69, 9.17) is 9.84 Å². The van der Waals surface area contributed by atoms with Gasteiger partial charge in [0, 0.05) is 6.54 Å². The summed E-state index contributed by atoms with van der Waals surface area (Å²) in [6.07, 6.45) is 0.664. The molecule has 0 aromatic heterocycles. The Labute approximate surface area is 105 Å². The molecule has 1 aromatic rings. The van der Waals surface area contributed by atoms with Gasteiger partial charge in [-0.25, -0.2) is 0 Å². The topological polar surface area (TPSA) is 66.8 Å². The Balaban J connectivity index is 2.44. The van der Waals surface area contributed by atoms with Crippen LogP contribution < -0.4 is 4.74 Å². The van der Waals surface area contributed by atoms with Crippen LogP contribution in [0.3, 0.4) is 0 Å².